The molecule has 0 spiro atoms. The molecule has 1 aliphatic rings. The van der Waals surface area contributed by atoms with E-state index in [2.05, 4.69) is 5.32 Å². The van der Waals surface area contributed by atoms with Crippen LogP contribution >= 0.6 is 0 Å². The van der Waals surface area contributed by atoms with Crippen molar-refractivity contribution in [1.29, 1.82) is 0 Å². The van der Waals surface area contributed by atoms with Gasteiger partial charge in [0, 0.05) is 19.8 Å². The third kappa shape index (κ3) is 7.20. The molecular weight excluding hydrogens is 202 g/mol. The van der Waals surface area contributed by atoms with E-state index in [1.54, 1.807) is 7.11 Å². The van der Waals surface area contributed by atoms with Gasteiger partial charge in [0.15, 0.2) is 0 Å². The largest absolute Gasteiger partial charge is 0.382 e. The van der Waals surface area contributed by atoms with Crippen LogP contribution in [0.1, 0.15) is 44.9 Å². The van der Waals surface area contributed by atoms with Crippen LogP contribution in [0, 0.1) is 0 Å². The number of hydrogen-bond donors (Lipinski definition) is 1. The zero-order valence-electron chi connectivity index (χ0n) is 10.7. The molecule has 96 valence electrons. The maximum absolute atomic E-state index is 5.41. The molecule has 3 heteroatoms. The molecule has 1 aliphatic carbocycles. The maximum atomic E-state index is 5.41. The molecular formula is C13H27NO2. The average Bonchev–Trinajstić information content (AvgIpc) is 2.34. The Morgan fingerprint density at radius 2 is 1.81 bits per heavy atom. The zero-order chi connectivity index (χ0) is 11.5. The third-order valence-electron chi connectivity index (χ3n) is 3.19. The molecule has 1 saturated carbocycles. The van der Waals surface area contributed by atoms with Crippen molar-refractivity contribution in [3.63, 3.8) is 0 Å². The molecule has 0 aliphatic heterocycles. The first-order chi connectivity index (χ1) is 7.93. The highest BCUT2D eigenvalue weighted by Crippen LogP contribution is 2.17. The minimum atomic E-state index is 0.709. The molecule has 0 radical (unpaired) electrons. The summed E-state index contributed by atoms with van der Waals surface area (Å²) in [4.78, 5) is 0. The molecule has 0 aromatic heterocycles. The van der Waals surface area contributed by atoms with E-state index in [0.29, 0.717) is 6.61 Å². The summed E-state index contributed by atoms with van der Waals surface area (Å²) in [5.41, 5.74) is 0. The van der Waals surface area contributed by atoms with Gasteiger partial charge in [-0.3, -0.25) is 0 Å². The van der Waals surface area contributed by atoms with E-state index in [4.69, 9.17) is 9.47 Å². The maximum Gasteiger partial charge on any atom is 0.0700 e. The molecule has 0 bridgehead atoms. The molecule has 3 nitrogen and oxygen atoms in total. The Morgan fingerprint density at radius 3 is 2.56 bits per heavy atom. The third-order valence-corrected chi connectivity index (χ3v) is 3.19. The van der Waals surface area contributed by atoms with Crippen LogP contribution in [0.2, 0.25) is 0 Å². The van der Waals surface area contributed by atoms with Crippen molar-refractivity contribution in [2.24, 2.45) is 0 Å². The van der Waals surface area contributed by atoms with Crippen LogP contribution in [0.3, 0.4) is 0 Å². The minimum Gasteiger partial charge on any atom is -0.382 e. The summed E-state index contributed by atoms with van der Waals surface area (Å²) >= 11 is 0. The van der Waals surface area contributed by atoms with Crippen LogP contribution in [0.4, 0.5) is 0 Å². The molecule has 0 saturated heterocycles. The van der Waals surface area contributed by atoms with Gasteiger partial charge in [0.2, 0.25) is 0 Å². The molecule has 0 aromatic carbocycles. The van der Waals surface area contributed by atoms with Crippen LogP contribution in [0.15, 0.2) is 0 Å². The van der Waals surface area contributed by atoms with Gasteiger partial charge >= 0.3 is 0 Å². The van der Waals surface area contributed by atoms with E-state index >= 15 is 0 Å². The molecule has 0 unspecified atom stereocenters. The SMILES string of the molecule is COCCOCCCCNC1CCCCC1. The van der Waals surface area contributed by atoms with Gasteiger partial charge in [0.25, 0.3) is 0 Å². The van der Waals surface area contributed by atoms with Gasteiger partial charge in [-0.1, -0.05) is 19.3 Å². The molecule has 1 N–H and O–H groups in total. The summed E-state index contributed by atoms with van der Waals surface area (Å²) < 4.78 is 10.3. The topological polar surface area (TPSA) is 30.5 Å². The first-order valence-corrected chi connectivity index (χ1v) is 6.73. The number of unbranched alkanes of at least 4 members (excludes halogenated alkanes) is 1. The van der Waals surface area contributed by atoms with Crippen LogP contribution < -0.4 is 5.32 Å². The van der Waals surface area contributed by atoms with Gasteiger partial charge in [0.1, 0.15) is 0 Å². The molecule has 1 fully saturated rings. The van der Waals surface area contributed by atoms with Gasteiger partial charge in [-0.15, -0.1) is 0 Å². The quantitative estimate of drug-likeness (QED) is 0.616. The molecule has 0 amide bonds. The van der Waals surface area contributed by atoms with E-state index in [9.17, 15) is 0 Å². The van der Waals surface area contributed by atoms with Gasteiger partial charge in [-0.25, -0.2) is 0 Å². The summed E-state index contributed by atoms with van der Waals surface area (Å²) in [6.07, 6.45) is 9.41. The van der Waals surface area contributed by atoms with Crippen molar-refractivity contribution in [3.8, 4) is 0 Å². The normalized spacial score (nSPS) is 17.8. The molecule has 0 heterocycles. The second-order valence-corrected chi connectivity index (χ2v) is 4.60. The summed E-state index contributed by atoms with van der Waals surface area (Å²) in [5.74, 6) is 0. The molecule has 16 heavy (non-hydrogen) atoms. The minimum absolute atomic E-state index is 0.709. The van der Waals surface area contributed by atoms with E-state index < -0.39 is 0 Å². The summed E-state index contributed by atoms with van der Waals surface area (Å²) in [5, 5.41) is 3.64. The summed E-state index contributed by atoms with van der Waals surface area (Å²) in [7, 11) is 1.71. The fraction of sp³-hybridized carbons (Fsp3) is 1.00. The summed E-state index contributed by atoms with van der Waals surface area (Å²) in [6.45, 7) is 3.46. The van der Waals surface area contributed by atoms with Gasteiger partial charge in [-0.05, 0) is 32.2 Å². The van der Waals surface area contributed by atoms with Crippen molar-refractivity contribution in [2.45, 2.75) is 51.0 Å². The zero-order valence-corrected chi connectivity index (χ0v) is 10.7. The van der Waals surface area contributed by atoms with E-state index in [0.717, 1.165) is 32.2 Å². The standard InChI is InChI=1S/C13H27NO2/c1-15-11-12-16-10-6-5-9-14-13-7-3-2-4-8-13/h13-14H,2-12H2,1H3. The van der Waals surface area contributed by atoms with Crippen molar-refractivity contribution in [1.82, 2.24) is 5.32 Å². The predicted octanol–water partition coefficient (Wildman–Crippen LogP) is 2.35. The fourth-order valence-corrected chi connectivity index (χ4v) is 2.19. The number of methoxy groups -OCH3 is 1. The fourth-order valence-electron chi connectivity index (χ4n) is 2.19. The van der Waals surface area contributed by atoms with Gasteiger partial charge < -0.3 is 14.8 Å². The first-order valence-electron chi connectivity index (χ1n) is 6.73. The van der Waals surface area contributed by atoms with Gasteiger partial charge in [0.05, 0.1) is 13.2 Å². The Labute approximate surface area is 99.9 Å². The second kappa shape index (κ2) is 10.1. The first kappa shape index (κ1) is 13.9. The van der Waals surface area contributed by atoms with Crippen LogP contribution in [-0.2, 0) is 9.47 Å². The van der Waals surface area contributed by atoms with Crippen molar-refractivity contribution in [2.75, 3.05) is 33.5 Å². The van der Waals surface area contributed by atoms with Crippen molar-refractivity contribution >= 4 is 0 Å². The lowest BCUT2D eigenvalue weighted by atomic mass is 9.95. The van der Waals surface area contributed by atoms with Crippen molar-refractivity contribution in [3.05, 3.63) is 0 Å². The lowest BCUT2D eigenvalue weighted by molar-refractivity contribution is 0.0687. The Balaban J connectivity index is 1.77. The second-order valence-electron chi connectivity index (χ2n) is 4.60. The molecule has 0 atom stereocenters. The van der Waals surface area contributed by atoms with E-state index in [1.807, 2.05) is 0 Å². The predicted molar refractivity (Wildman–Crippen MR) is 66.8 cm³/mol. The van der Waals surface area contributed by atoms with E-state index in [-0.39, 0.29) is 0 Å². The Hall–Kier alpha value is -0.120. The lowest BCUT2D eigenvalue weighted by Gasteiger charge is -2.22. The highest BCUT2D eigenvalue weighted by atomic mass is 16.5. The highest BCUT2D eigenvalue weighted by Gasteiger charge is 2.11. The molecule has 0 aromatic rings. The monoisotopic (exact) mass is 229 g/mol. The highest BCUT2D eigenvalue weighted by molar-refractivity contribution is 4.71. The number of nitrogens with one attached hydrogen (secondary N) is 1. The van der Waals surface area contributed by atoms with Crippen LogP contribution in [0.25, 0.3) is 0 Å². The number of hydrogen-bond acceptors (Lipinski definition) is 3. The Kier molecular flexibility index (Phi) is 8.77. The number of ether oxygens (including phenoxy) is 2. The average molecular weight is 229 g/mol. The summed E-state index contributed by atoms with van der Waals surface area (Å²) in [6, 6.07) is 0.795. The van der Waals surface area contributed by atoms with Crippen LogP contribution in [-0.4, -0.2) is 39.5 Å². The number of rotatable bonds is 9. The van der Waals surface area contributed by atoms with Crippen molar-refractivity contribution < 1.29 is 9.47 Å². The molecule has 1 rings (SSSR count). The van der Waals surface area contributed by atoms with E-state index in [1.165, 1.54) is 38.5 Å². The Morgan fingerprint density at radius 1 is 1.00 bits per heavy atom. The Bertz CT molecular complexity index is 147. The van der Waals surface area contributed by atoms with Crippen LogP contribution in [0.5, 0.6) is 0 Å². The smallest absolute Gasteiger partial charge is 0.0700 e. The van der Waals surface area contributed by atoms with Gasteiger partial charge in [-0.2, -0.15) is 0 Å². The lowest BCUT2D eigenvalue weighted by Crippen LogP contribution is -2.31.